The van der Waals surface area contributed by atoms with Crippen LogP contribution in [0.2, 0.25) is 0 Å². The van der Waals surface area contributed by atoms with Gasteiger partial charge in [0.1, 0.15) is 11.8 Å². The maximum absolute atomic E-state index is 13.8. The number of hydrogen-bond donors (Lipinski definition) is 0. The van der Waals surface area contributed by atoms with Crippen LogP contribution in [0, 0.1) is 11.3 Å². The van der Waals surface area contributed by atoms with Gasteiger partial charge in [0, 0.05) is 39.3 Å². The van der Waals surface area contributed by atoms with E-state index in [2.05, 4.69) is 0 Å². The van der Waals surface area contributed by atoms with Gasteiger partial charge < -0.3 is 19.1 Å². The molecule has 0 aromatic heterocycles. The van der Waals surface area contributed by atoms with Gasteiger partial charge in [0.2, 0.25) is 20.0 Å². The number of sulfonamides is 2. The second-order valence-electron chi connectivity index (χ2n) is 9.90. The molecule has 0 spiro atoms. The Bertz CT molecular complexity index is 1750. The number of nitriles is 1. The van der Waals surface area contributed by atoms with Crippen LogP contribution < -0.4 is 19.1 Å². The summed E-state index contributed by atoms with van der Waals surface area (Å²) >= 11 is 0. The van der Waals surface area contributed by atoms with Crippen molar-refractivity contribution >= 4 is 25.7 Å². The van der Waals surface area contributed by atoms with Crippen LogP contribution in [-0.4, -0.2) is 79.5 Å². The van der Waals surface area contributed by atoms with Crippen LogP contribution in [0.25, 0.3) is 0 Å². The van der Waals surface area contributed by atoms with E-state index < -0.39 is 20.0 Å². The summed E-state index contributed by atoms with van der Waals surface area (Å²) in [6, 6.07) is 16.5. The monoisotopic (exact) mass is 612 g/mol. The Kier molecular flexibility index (Phi) is 8.34. The summed E-state index contributed by atoms with van der Waals surface area (Å²) in [4.78, 5) is 2.02. The lowest BCUT2D eigenvalue weighted by Crippen LogP contribution is -2.49. The van der Waals surface area contributed by atoms with Crippen LogP contribution in [0.3, 0.4) is 0 Å². The third-order valence-electron chi connectivity index (χ3n) is 7.68. The summed E-state index contributed by atoms with van der Waals surface area (Å²) in [7, 11) is -3.11. The van der Waals surface area contributed by atoms with Crippen molar-refractivity contribution in [2.45, 2.75) is 22.8 Å². The molecule has 222 valence electrons. The first-order chi connectivity index (χ1) is 20.1. The maximum Gasteiger partial charge on any atom is 0.244 e. The van der Waals surface area contributed by atoms with Gasteiger partial charge in [-0.1, -0.05) is 12.1 Å². The third kappa shape index (κ3) is 5.38. The van der Waals surface area contributed by atoms with E-state index in [1.165, 1.54) is 33.9 Å². The molecule has 0 atom stereocenters. The number of rotatable bonds is 8. The van der Waals surface area contributed by atoms with Crippen molar-refractivity contribution in [2.24, 2.45) is 0 Å². The Morgan fingerprint density at radius 1 is 0.714 bits per heavy atom. The highest BCUT2D eigenvalue weighted by molar-refractivity contribution is 7.89. The first-order valence-corrected chi connectivity index (χ1v) is 16.2. The van der Waals surface area contributed by atoms with Gasteiger partial charge in [-0.15, -0.1) is 0 Å². The number of methoxy groups -OCH3 is 3. The molecule has 5 rings (SSSR count). The lowest BCUT2D eigenvalue weighted by molar-refractivity contribution is 0.348. The number of nitrogens with zero attached hydrogens (tertiary/aromatic N) is 4. The highest BCUT2D eigenvalue weighted by Gasteiger charge is 2.33. The Balaban J connectivity index is 1.37. The number of piperazine rings is 1. The number of benzene rings is 3. The molecule has 3 aromatic carbocycles. The molecule has 0 bridgehead atoms. The van der Waals surface area contributed by atoms with Gasteiger partial charge in [-0.3, -0.25) is 0 Å². The quantitative estimate of drug-likeness (QED) is 0.377. The zero-order chi connectivity index (χ0) is 30.1. The lowest BCUT2D eigenvalue weighted by Gasteiger charge is -2.36. The van der Waals surface area contributed by atoms with Crippen molar-refractivity contribution in [3.8, 4) is 23.3 Å². The molecule has 1 saturated heterocycles. The van der Waals surface area contributed by atoms with E-state index in [4.69, 9.17) is 14.2 Å². The van der Waals surface area contributed by atoms with Crippen LogP contribution >= 0.6 is 0 Å². The average Bonchev–Trinajstić information content (AvgIpc) is 3.03. The number of ether oxygens (including phenoxy) is 3. The summed E-state index contributed by atoms with van der Waals surface area (Å²) < 4.78 is 73.4. The van der Waals surface area contributed by atoms with Crippen molar-refractivity contribution in [2.75, 3.05) is 59.0 Å². The Morgan fingerprint density at radius 2 is 1.36 bits per heavy atom. The molecule has 2 aliphatic rings. The van der Waals surface area contributed by atoms with E-state index in [1.54, 1.807) is 38.5 Å². The molecule has 11 nitrogen and oxygen atoms in total. The van der Waals surface area contributed by atoms with Crippen LogP contribution in [-0.2, 0) is 33.0 Å². The van der Waals surface area contributed by atoms with Crippen molar-refractivity contribution < 1.29 is 31.0 Å². The fraction of sp³-hybridized carbons (Fsp3) is 0.345. The highest BCUT2D eigenvalue weighted by Crippen LogP contribution is 2.37. The molecule has 0 saturated carbocycles. The van der Waals surface area contributed by atoms with Crippen molar-refractivity contribution in [3.05, 3.63) is 71.3 Å². The molecular weight excluding hydrogens is 580 g/mol. The highest BCUT2D eigenvalue weighted by atomic mass is 32.2. The molecule has 0 unspecified atom stereocenters. The topological polar surface area (TPSA) is 129 Å². The van der Waals surface area contributed by atoms with Crippen LogP contribution in [0.1, 0.15) is 16.7 Å². The maximum atomic E-state index is 13.8. The fourth-order valence-electron chi connectivity index (χ4n) is 5.38. The van der Waals surface area contributed by atoms with E-state index in [0.717, 1.165) is 11.1 Å². The predicted molar refractivity (Wildman–Crippen MR) is 156 cm³/mol. The molecule has 13 heteroatoms. The second kappa shape index (κ2) is 11.8. The molecule has 3 aromatic rings. The Morgan fingerprint density at radius 3 is 2.00 bits per heavy atom. The molecular formula is C29H32N4O7S2. The zero-order valence-corrected chi connectivity index (χ0v) is 25.2. The summed E-state index contributed by atoms with van der Waals surface area (Å²) in [5, 5.41) is 9.39. The average molecular weight is 613 g/mol. The van der Waals surface area contributed by atoms with E-state index in [0.29, 0.717) is 49.0 Å². The molecule has 1 fully saturated rings. The van der Waals surface area contributed by atoms with Crippen LogP contribution in [0.15, 0.2) is 64.4 Å². The second-order valence-corrected chi connectivity index (χ2v) is 13.7. The SMILES string of the molecule is COc1cc2c(cc1OC)CN(S(=O)(=O)c1ccc(OC)c(N3CCN(S(=O)(=O)c4ccccc4C#N)CC3)c1)CC2. The molecule has 0 amide bonds. The molecule has 0 N–H and O–H groups in total. The minimum absolute atomic E-state index is 0.0224. The molecule has 0 radical (unpaired) electrons. The summed E-state index contributed by atoms with van der Waals surface area (Å²) in [6.07, 6.45) is 0.531. The van der Waals surface area contributed by atoms with Crippen LogP contribution in [0.5, 0.6) is 17.2 Å². The molecule has 0 aliphatic carbocycles. The fourth-order valence-corrected chi connectivity index (χ4v) is 8.39. The van der Waals surface area contributed by atoms with E-state index >= 15 is 0 Å². The zero-order valence-electron chi connectivity index (χ0n) is 23.6. The van der Waals surface area contributed by atoms with Gasteiger partial charge in [-0.2, -0.15) is 13.9 Å². The summed E-state index contributed by atoms with van der Waals surface area (Å²) in [5.41, 5.74) is 2.53. The van der Waals surface area contributed by atoms with Crippen molar-refractivity contribution in [1.29, 1.82) is 5.26 Å². The minimum atomic E-state index is -3.87. The largest absolute Gasteiger partial charge is 0.495 e. The first-order valence-electron chi connectivity index (χ1n) is 13.3. The first kappa shape index (κ1) is 29.7. The minimum Gasteiger partial charge on any atom is -0.495 e. The Hall–Kier alpha value is -3.83. The van der Waals surface area contributed by atoms with Gasteiger partial charge >= 0.3 is 0 Å². The standard InChI is InChI=1S/C29H32N4O7S2/c1-38-26-9-8-24(41(34,35)33-11-10-21-16-27(39-2)28(40-3)17-23(21)20-33)18-25(26)31-12-14-32(15-13-31)42(36,37)29-7-5-4-6-22(29)19-30/h4-9,16-18H,10-15,20H2,1-3H3. The van der Waals surface area contributed by atoms with Crippen molar-refractivity contribution in [1.82, 2.24) is 8.61 Å². The number of fused-ring (bicyclic) bond motifs is 1. The van der Waals surface area contributed by atoms with Gasteiger partial charge in [0.15, 0.2) is 11.5 Å². The van der Waals surface area contributed by atoms with Gasteiger partial charge in [-0.25, -0.2) is 16.8 Å². The molecule has 2 heterocycles. The van der Waals surface area contributed by atoms with Crippen molar-refractivity contribution in [3.63, 3.8) is 0 Å². The number of anilines is 1. The predicted octanol–water partition coefficient (Wildman–Crippen LogP) is 2.84. The molecule has 2 aliphatic heterocycles. The van der Waals surface area contributed by atoms with E-state index in [1.807, 2.05) is 23.1 Å². The van der Waals surface area contributed by atoms with Gasteiger partial charge in [-0.05, 0) is 60.0 Å². The molecule has 42 heavy (non-hydrogen) atoms. The van der Waals surface area contributed by atoms with E-state index in [-0.39, 0.29) is 35.0 Å². The Labute approximate surface area is 246 Å². The van der Waals surface area contributed by atoms with Gasteiger partial charge in [0.25, 0.3) is 0 Å². The third-order valence-corrected chi connectivity index (χ3v) is 11.5. The van der Waals surface area contributed by atoms with Gasteiger partial charge in [0.05, 0.1) is 42.4 Å². The van der Waals surface area contributed by atoms with Crippen LogP contribution in [0.4, 0.5) is 5.69 Å². The number of hydrogen-bond acceptors (Lipinski definition) is 9. The summed E-state index contributed by atoms with van der Waals surface area (Å²) in [6.45, 7) is 1.46. The lowest BCUT2D eigenvalue weighted by atomic mass is 10.0. The normalized spacial score (nSPS) is 16.4. The smallest absolute Gasteiger partial charge is 0.244 e. The summed E-state index contributed by atoms with van der Waals surface area (Å²) in [5.74, 6) is 1.63. The van der Waals surface area contributed by atoms with E-state index in [9.17, 15) is 22.1 Å².